The van der Waals surface area contributed by atoms with Gasteiger partial charge in [0.25, 0.3) is 0 Å². The Labute approximate surface area is 133 Å². The standard InChI is InChI=1S/C17H15ClO4/c1-11(19)13-3-2-4-14(9-13)22-10-12-7-15(18)17-16(8-12)20-5-6-21-17/h2-4,7-9H,5-6,10H2,1H3. The molecule has 0 radical (unpaired) electrons. The maximum atomic E-state index is 11.4. The van der Waals surface area contributed by atoms with E-state index in [-0.39, 0.29) is 5.78 Å². The molecule has 1 heterocycles. The zero-order valence-corrected chi connectivity index (χ0v) is 12.9. The number of hydrogen-bond donors (Lipinski definition) is 0. The Balaban J connectivity index is 1.75. The van der Waals surface area contributed by atoms with Crippen LogP contribution in [0.1, 0.15) is 22.8 Å². The SMILES string of the molecule is CC(=O)c1cccc(OCc2cc(Cl)c3c(c2)OCCO3)c1. The average molecular weight is 319 g/mol. The van der Waals surface area contributed by atoms with Crippen LogP contribution >= 0.6 is 11.6 Å². The van der Waals surface area contributed by atoms with Crippen molar-refractivity contribution >= 4 is 17.4 Å². The number of ether oxygens (including phenoxy) is 3. The van der Waals surface area contributed by atoms with E-state index >= 15 is 0 Å². The number of rotatable bonds is 4. The van der Waals surface area contributed by atoms with E-state index < -0.39 is 0 Å². The molecule has 0 saturated heterocycles. The zero-order valence-electron chi connectivity index (χ0n) is 12.1. The van der Waals surface area contributed by atoms with Gasteiger partial charge in [-0.3, -0.25) is 4.79 Å². The van der Waals surface area contributed by atoms with E-state index in [1.54, 1.807) is 24.3 Å². The van der Waals surface area contributed by atoms with E-state index in [0.29, 0.717) is 47.7 Å². The Morgan fingerprint density at radius 2 is 2.05 bits per heavy atom. The molecule has 0 aromatic heterocycles. The van der Waals surface area contributed by atoms with Crippen LogP contribution in [0, 0.1) is 0 Å². The van der Waals surface area contributed by atoms with Crippen LogP contribution in [0.15, 0.2) is 36.4 Å². The molecule has 0 saturated carbocycles. The highest BCUT2D eigenvalue weighted by atomic mass is 35.5. The van der Waals surface area contributed by atoms with E-state index in [1.165, 1.54) is 6.92 Å². The van der Waals surface area contributed by atoms with Gasteiger partial charge in [-0.05, 0) is 36.8 Å². The van der Waals surface area contributed by atoms with Crippen molar-refractivity contribution in [2.45, 2.75) is 13.5 Å². The van der Waals surface area contributed by atoms with Crippen molar-refractivity contribution in [3.8, 4) is 17.2 Å². The van der Waals surface area contributed by atoms with Crippen molar-refractivity contribution in [1.82, 2.24) is 0 Å². The largest absolute Gasteiger partial charge is 0.489 e. The molecule has 22 heavy (non-hydrogen) atoms. The summed E-state index contributed by atoms with van der Waals surface area (Å²) in [6.45, 7) is 2.87. The molecular weight excluding hydrogens is 304 g/mol. The fourth-order valence-corrected chi connectivity index (χ4v) is 2.51. The van der Waals surface area contributed by atoms with Gasteiger partial charge < -0.3 is 14.2 Å². The van der Waals surface area contributed by atoms with Crippen LogP contribution in [0.2, 0.25) is 5.02 Å². The number of benzene rings is 2. The van der Waals surface area contributed by atoms with Gasteiger partial charge >= 0.3 is 0 Å². The van der Waals surface area contributed by atoms with Crippen molar-refractivity contribution < 1.29 is 19.0 Å². The summed E-state index contributed by atoms with van der Waals surface area (Å²) in [4.78, 5) is 11.4. The highest BCUT2D eigenvalue weighted by Crippen LogP contribution is 2.38. The van der Waals surface area contributed by atoms with Gasteiger partial charge in [0.1, 0.15) is 25.6 Å². The molecular formula is C17H15ClO4. The molecule has 1 aliphatic rings. The van der Waals surface area contributed by atoms with Crippen molar-refractivity contribution in [3.05, 3.63) is 52.5 Å². The third-order valence-corrected chi connectivity index (χ3v) is 3.58. The minimum atomic E-state index is 0.00724. The van der Waals surface area contributed by atoms with Gasteiger partial charge in [0.15, 0.2) is 17.3 Å². The van der Waals surface area contributed by atoms with Crippen molar-refractivity contribution in [3.63, 3.8) is 0 Å². The van der Waals surface area contributed by atoms with E-state index in [9.17, 15) is 4.79 Å². The molecule has 0 spiro atoms. The summed E-state index contributed by atoms with van der Waals surface area (Å²) in [5, 5.41) is 0.508. The minimum Gasteiger partial charge on any atom is -0.489 e. The zero-order chi connectivity index (χ0) is 15.5. The first-order valence-electron chi connectivity index (χ1n) is 6.95. The Hall–Kier alpha value is -2.20. The smallest absolute Gasteiger partial charge is 0.179 e. The fourth-order valence-electron chi connectivity index (χ4n) is 2.22. The topological polar surface area (TPSA) is 44.8 Å². The summed E-state index contributed by atoms with van der Waals surface area (Å²) >= 11 is 6.19. The number of carbonyl (C=O) groups is 1. The Morgan fingerprint density at radius 1 is 1.23 bits per heavy atom. The molecule has 0 N–H and O–H groups in total. The lowest BCUT2D eigenvalue weighted by molar-refractivity contribution is 0.101. The number of halogens is 1. The Bertz CT molecular complexity index is 712. The number of carbonyl (C=O) groups excluding carboxylic acids is 1. The maximum Gasteiger partial charge on any atom is 0.179 e. The van der Waals surface area contributed by atoms with Crippen LogP contribution in [0.5, 0.6) is 17.2 Å². The molecule has 0 bridgehead atoms. The second-order valence-electron chi connectivity index (χ2n) is 4.97. The van der Waals surface area contributed by atoms with Crippen LogP contribution in [-0.4, -0.2) is 19.0 Å². The second kappa shape index (κ2) is 6.28. The normalized spacial score (nSPS) is 12.8. The molecule has 114 valence electrons. The lowest BCUT2D eigenvalue weighted by atomic mass is 10.1. The lowest BCUT2D eigenvalue weighted by Crippen LogP contribution is -2.16. The molecule has 4 nitrogen and oxygen atoms in total. The predicted molar refractivity (Wildman–Crippen MR) is 83.2 cm³/mol. The van der Waals surface area contributed by atoms with E-state index in [0.717, 1.165) is 5.56 Å². The first-order chi connectivity index (χ1) is 10.6. The molecule has 2 aromatic rings. The predicted octanol–water partition coefficient (Wildman–Crippen LogP) is 3.89. The molecule has 3 rings (SSSR count). The van der Waals surface area contributed by atoms with Gasteiger partial charge in [-0.15, -0.1) is 0 Å². The monoisotopic (exact) mass is 318 g/mol. The van der Waals surface area contributed by atoms with E-state index in [2.05, 4.69) is 0 Å². The van der Waals surface area contributed by atoms with Gasteiger partial charge in [-0.1, -0.05) is 23.7 Å². The van der Waals surface area contributed by atoms with Gasteiger partial charge in [-0.2, -0.15) is 0 Å². The van der Waals surface area contributed by atoms with Crippen LogP contribution in [0.25, 0.3) is 0 Å². The number of fused-ring (bicyclic) bond motifs is 1. The van der Waals surface area contributed by atoms with E-state index in [1.807, 2.05) is 12.1 Å². The number of Topliss-reactive ketones (excluding diaryl/α,β-unsaturated/α-hetero) is 1. The van der Waals surface area contributed by atoms with Crippen molar-refractivity contribution in [2.75, 3.05) is 13.2 Å². The summed E-state index contributed by atoms with van der Waals surface area (Å²) in [6.07, 6.45) is 0. The van der Waals surface area contributed by atoms with Crippen LogP contribution in [0.4, 0.5) is 0 Å². The summed E-state index contributed by atoms with van der Waals surface area (Å²) in [5.41, 5.74) is 1.50. The van der Waals surface area contributed by atoms with Gasteiger partial charge in [-0.25, -0.2) is 0 Å². The highest BCUT2D eigenvalue weighted by Gasteiger charge is 2.16. The Morgan fingerprint density at radius 3 is 2.86 bits per heavy atom. The molecule has 0 aliphatic carbocycles. The molecule has 0 unspecified atom stereocenters. The van der Waals surface area contributed by atoms with Crippen molar-refractivity contribution in [2.24, 2.45) is 0 Å². The summed E-state index contributed by atoms with van der Waals surface area (Å²) in [7, 11) is 0. The summed E-state index contributed by atoms with van der Waals surface area (Å²) < 4.78 is 16.7. The molecule has 2 aromatic carbocycles. The van der Waals surface area contributed by atoms with Crippen molar-refractivity contribution in [1.29, 1.82) is 0 Å². The highest BCUT2D eigenvalue weighted by molar-refractivity contribution is 6.32. The quantitative estimate of drug-likeness (QED) is 0.802. The molecule has 0 fully saturated rings. The van der Waals surface area contributed by atoms with Crippen LogP contribution in [0.3, 0.4) is 0 Å². The number of hydrogen-bond acceptors (Lipinski definition) is 4. The average Bonchev–Trinajstić information content (AvgIpc) is 2.53. The Kier molecular flexibility index (Phi) is 4.20. The first kappa shape index (κ1) is 14.7. The third kappa shape index (κ3) is 3.17. The molecule has 1 aliphatic heterocycles. The lowest BCUT2D eigenvalue weighted by Gasteiger charge is -2.20. The number of ketones is 1. The second-order valence-corrected chi connectivity index (χ2v) is 5.38. The maximum absolute atomic E-state index is 11.4. The van der Waals surface area contributed by atoms with Gasteiger partial charge in [0.05, 0.1) is 5.02 Å². The molecule has 0 atom stereocenters. The van der Waals surface area contributed by atoms with Crippen LogP contribution < -0.4 is 14.2 Å². The fraction of sp³-hybridized carbons (Fsp3) is 0.235. The van der Waals surface area contributed by atoms with Gasteiger partial charge in [0, 0.05) is 5.56 Å². The summed E-state index contributed by atoms with van der Waals surface area (Å²) in [5.74, 6) is 1.86. The molecule has 0 amide bonds. The van der Waals surface area contributed by atoms with E-state index in [4.69, 9.17) is 25.8 Å². The summed E-state index contributed by atoms with van der Waals surface area (Å²) in [6, 6.07) is 10.7. The minimum absolute atomic E-state index is 0.00724. The first-order valence-corrected chi connectivity index (χ1v) is 7.33. The van der Waals surface area contributed by atoms with Gasteiger partial charge in [0.2, 0.25) is 0 Å². The third-order valence-electron chi connectivity index (χ3n) is 3.30. The van der Waals surface area contributed by atoms with Crippen LogP contribution in [-0.2, 0) is 6.61 Å². The molecule has 5 heteroatoms.